The molecule has 0 spiro atoms. The first kappa shape index (κ1) is 33.6. The van der Waals surface area contributed by atoms with E-state index in [4.69, 9.17) is 61.8 Å². The molecular formula is C24H45N5O14. The van der Waals surface area contributed by atoms with E-state index in [0.717, 1.165) is 0 Å². The summed E-state index contributed by atoms with van der Waals surface area (Å²) in [5.41, 5.74) is 30.2. The van der Waals surface area contributed by atoms with Crippen molar-refractivity contribution >= 4 is 0 Å². The summed E-state index contributed by atoms with van der Waals surface area (Å²) in [4.78, 5) is 0. The summed E-state index contributed by atoms with van der Waals surface area (Å²) >= 11 is 0. The molecule has 4 aliphatic heterocycles. The van der Waals surface area contributed by atoms with E-state index in [9.17, 15) is 35.7 Å². The third kappa shape index (κ3) is 6.32. The molecule has 43 heavy (non-hydrogen) atoms. The van der Waals surface area contributed by atoms with Gasteiger partial charge in [0.1, 0.15) is 73.2 Å². The smallest absolute Gasteiger partial charge is 0.187 e. The molecule has 20 atom stereocenters. The number of aliphatic hydroxyl groups is 7. The fraction of sp³-hybridized carbons (Fsp3) is 1.00. The van der Waals surface area contributed by atoms with Gasteiger partial charge < -0.3 is 97.6 Å². The van der Waals surface area contributed by atoms with Crippen LogP contribution in [0.3, 0.4) is 0 Å². The molecule has 5 fully saturated rings. The molecule has 0 amide bonds. The molecule has 4 heterocycles. The Hall–Kier alpha value is -0.760. The van der Waals surface area contributed by atoms with Gasteiger partial charge in [0.05, 0.1) is 31.4 Å². The van der Waals surface area contributed by atoms with Crippen LogP contribution in [0.4, 0.5) is 0 Å². The van der Waals surface area contributed by atoms with Gasteiger partial charge in [0.15, 0.2) is 18.9 Å². The molecule has 0 unspecified atom stereocenters. The summed E-state index contributed by atoms with van der Waals surface area (Å²) in [7, 11) is 0. The maximum atomic E-state index is 11.1. The van der Waals surface area contributed by atoms with Gasteiger partial charge >= 0.3 is 0 Å². The molecule has 0 aromatic carbocycles. The minimum absolute atomic E-state index is 0.0660. The highest BCUT2D eigenvalue weighted by Gasteiger charge is 2.56. The summed E-state index contributed by atoms with van der Waals surface area (Å²) in [5.74, 6) is 0. The van der Waals surface area contributed by atoms with E-state index in [0.29, 0.717) is 0 Å². The lowest BCUT2D eigenvalue weighted by Crippen LogP contribution is -2.68. The second-order valence-corrected chi connectivity index (χ2v) is 11.8. The Morgan fingerprint density at radius 1 is 0.605 bits per heavy atom. The van der Waals surface area contributed by atoms with E-state index < -0.39 is 129 Å². The second-order valence-electron chi connectivity index (χ2n) is 11.8. The van der Waals surface area contributed by atoms with Crippen LogP contribution in [-0.4, -0.2) is 178 Å². The number of ether oxygens (including phenoxy) is 7. The van der Waals surface area contributed by atoms with Crippen molar-refractivity contribution in [3.05, 3.63) is 0 Å². The monoisotopic (exact) mass is 627 g/mol. The molecule has 0 aromatic rings. The van der Waals surface area contributed by atoms with Gasteiger partial charge in [0.25, 0.3) is 0 Å². The maximum absolute atomic E-state index is 11.1. The summed E-state index contributed by atoms with van der Waals surface area (Å²) in [5, 5.41) is 73.5. The number of hydrogen-bond donors (Lipinski definition) is 12. The van der Waals surface area contributed by atoms with E-state index in [-0.39, 0.29) is 19.6 Å². The lowest BCUT2D eigenvalue weighted by molar-refractivity contribution is -0.306. The number of aliphatic hydroxyl groups excluding tert-OH is 7. The molecule has 4 saturated heterocycles. The fourth-order valence-corrected chi connectivity index (χ4v) is 6.30. The van der Waals surface area contributed by atoms with Crippen LogP contribution in [0.1, 0.15) is 6.42 Å². The molecule has 0 aromatic heterocycles. The third-order valence-corrected chi connectivity index (χ3v) is 8.89. The van der Waals surface area contributed by atoms with Gasteiger partial charge in [0, 0.05) is 18.6 Å². The lowest BCUT2D eigenvalue weighted by Gasteiger charge is -2.47. The van der Waals surface area contributed by atoms with E-state index in [1.807, 2.05) is 0 Å². The van der Waals surface area contributed by atoms with Crippen LogP contribution in [0, 0.1) is 0 Å². The van der Waals surface area contributed by atoms with Gasteiger partial charge in [-0.1, -0.05) is 0 Å². The molecule has 0 bridgehead atoms. The Kier molecular flexibility index (Phi) is 10.6. The van der Waals surface area contributed by atoms with Crippen LogP contribution in [0.15, 0.2) is 0 Å². The van der Waals surface area contributed by atoms with Gasteiger partial charge in [-0.2, -0.15) is 0 Å². The Morgan fingerprint density at radius 3 is 1.88 bits per heavy atom. The molecule has 5 aliphatic rings. The zero-order valence-electron chi connectivity index (χ0n) is 23.3. The van der Waals surface area contributed by atoms with E-state index in [1.54, 1.807) is 0 Å². The lowest BCUT2D eigenvalue weighted by atomic mass is 9.84. The van der Waals surface area contributed by atoms with Gasteiger partial charge in [-0.3, -0.25) is 0 Å². The standard InChI is InChI=1S/C24H45N5O14/c25-2-8-13(33)14(34)10(28)22(38-8)42-19-9(3-30)39-24(16(19)36)43-21-12(32)5(26)1-6(27)17(21)40-23-11(29)15(35)20-18(41-23)7(31)4-37-20/h5-24,30-36H,1-4,25-29H2/t5-,6+,7-,8+,9-,10-,11-,12+,13-,14-,15-,16-,17-,18-,19-,20+,21-,22-,23+,24+/m1/s1. The van der Waals surface area contributed by atoms with Crippen molar-refractivity contribution in [2.75, 3.05) is 19.8 Å². The summed E-state index contributed by atoms with van der Waals surface area (Å²) in [6, 6.07) is -4.07. The van der Waals surface area contributed by atoms with Crippen molar-refractivity contribution in [2.45, 2.75) is 129 Å². The molecule has 1 aliphatic carbocycles. The summed E-state index contributed by atoms with van der Waals surface area (Å²) in [6.45, 7) is -0.871. The molecule has 19 heteroatoms. The first-order valence-electron chi connectivity index (χ1n) is 14.3. The topological polar surface area (TPSA) is 336 Å². The quantitative estimate of drug-likeness (QED) is 0.119. The van der Waals surface area contributed by atoms with Crippen molar-refractivity contribution in [3.8, 4) is 0 Å². The minimum atomic E-state index is -1.60. The van der Waals surface area contributed by atoms with E-state index in [1.165, 1.54) is 0 Å². The van der Waals surface area contributed by atoms with Crippen LogP contribution in [0.5, 0.6) is 0 Å². The van der Waals surface area contributed by atoms with Gasteiger partial charge in [0.2, 0.25) is 0 Å². The van der Waals surface area contributed by atoms with E-state index in [2.05, 4.69) is 0 Å². The van der Waals surface area contributed by atoms with Crippen LogP contribution in [0.2, 0.25) is 0 Å². The van der Waals surface area contributed by atoms with Crippen molar-refractivity contribution in [3.63, 3.8) is 0 Å². The van der Waals surface area contributed by atoms with Crippen molar-refractivity contribution in [2.24, 2.45) is 28.7 Å². The first-order valence-corrected chi connectivity index (χ1v) is 14.3. The number of nitrogens with two attached hydrogens (primary N) is 5. The molecular weight excluding hydrogens is 582 g/mol. The second kappa shape index (κ2) is 13.5. The summed E-state index contributed by atoms with van der Waals surface area (Å²) in [6.07, 6.45) is -20.0. The predicted octanol–water partition coefficient (Wildman–Crippen LogP) is -8.46. The predicted molar refractivity (Wildman–Crippen MR) is 139 cm³/mol. The van der Waals surface area contributed by atoms with Crippen molar-refractivity contribution in [1.82, 2.24) is 0 Å². The van der Waals surface area contributed by atoms with Crippen LogP contribution in [-0.2, 0) is 33.2 Å². The first-order chi connectivity index (χ1) is 20.4. The molecule has 0 radical (unpaired) electrons. The maximum Gasteiger partial charge on any atom is 0.187 e. The molecule has 5 rings (SSSR count). The van der Waals surface area contributed by atoms with E-state index >= 15 is 0 Å². The summed E-state index contributed by atoms with van der Waals surface area (Å²) < 4.78 is 40.4. The van der Waals surface area contributed by atoms with Gasteiger partial charge in [-0.15, -0.1) is 0 Å². The molecule has 1 saturated carbocycles. The Balaban J connectivity index is 1.30. The average Bonchev–Trinajstić information content (AvgIpc) is 3.50. The molecule has 19 nitrogen and oxygen atoms in total. The normalized spacial score (nSPS) is 55.8. The number of hydrogen-bond acceptors (Lipinski definition) is 19. The van der Waals surface area contributed by atoms with Crippen LogP contribution >= 0.6 is 0 Å². The minimum Gasteiger partial charge on any atom is -0.394 e. The van der Waals surface area contributed by atoms with Crippen molar-refractivity contribution < 1.29 is 68.9 Å². The zero-order valence-corrected chi connectivity index (χ0v) is 23.3. The highest BCUT2D eigenvalue weighted by molar-refractivity contribution is 5.03. The highest BCUT2D eigenvalue weighted by Crippen LogP contribution is 2.35. The number of fused-ring (bicyclic) bond motifs is 1. The average molecular weight is 628 g/mol. The molecule has 250 valence electrons. The zero-order chi connectivity index (χ0) is 31.3. The Bertz CT molecular complexity index is 930. The van der Waals surface area contributed by atoms with Gasteiger partial charge in [-0.25, -0.2) is 0 Å². The number of rotatable bonds is 8. The SMILES string of the molecule is NC[C@@H]1O[C@H](O[C@H]2[C@@H](O)[C@H](O[C@@H]3[C@@H](O)[C@H](N)C[C@H](N)[C@H]3O[C@H]3O[C@H]4[C@@H](OC[C@H]4O)[C@H](O)[C@H]3N)O[C@@H]2CO)[C@H](N)[C@@H](O)[C@@H]1O. The van der Waals surface area contributed by atoms with Crippen molar-refractivity contribution in [1.29, 1.82) is 0 Å². The fourth-order valence-electron chi connectivity index (χ4n) is 6.30. The van der Waals surface area contributed by atoms with Crippen LogP contribution in [0.25, 0.3) is 0 Å². The molecule has 17 N–H and O–H groups in total. The largest absolute Gasteiger partial charge is 0.394 e. The Labute approximate surface area is 246 Å². The third-order valence-electron chi connectivity index (χ3n) is 8.89. The van der Waals surface area contributed by atoms with Gasteiger partial charge in [-0.05, 0) is 6.42 Å². The van der Waals surface area contributed by atoms with Crippen LogP contribution < -0.4 is 28.7 Å². The Morgan fingerprint density at radius 2 is 1.21 bits per heavy atom. The highest BCUT2D eigenvalue weighted by atomic mass is 16.8.